The molecule has 0 unspecified atom stereocenters. The van der Waals surface area contributed by atoms with Crippen LogP contribution in [0, 0.1) is 0 Å². The Morgan fingerprint density at radius 1 is 1.35 bits per heavy atom. The number of sulfonamides is 1. The fourth-order valence-corrected chi connectivity index (χ4v) is 2.91. The fraction of sp³-hybridized carbons (Fsp3) is 0.462. The normalized spacial score (nSPS) is 12.2. The van der Waals surface area contributed by atoms with Gasteiger partial charge >= 0.3 is 0 Å². The number of rotatable bonds is 6. The van der Waals surface area contributed by atoms with Crippen molar-refractivity contribution in [2.75, 3.05) is 23.9 Å². The van der Waals surface area contributed by atoms with Crippen molar-refractivity contribution in [1.82, 2.24) is 4.72 Å². The highest BCUT2D eigenvalue weighted by Gasteiger charge is 2.21. The third-order valence-electron chi connectivity index (χ3n) is 2.63. The number of nitrogen functional groups attached to an aromatic ring is 1. The number of hydrogen-bond acceptors (Lipinski definition) is 5. The van der Waals surface area contributed by atoms with Gasteiger partial charge in [-0.3, -0.25) is 4.79 Å². The number of nitrogens with two attached hydrogens (primary N) is 1. The number of ketones is 1. The molecular formula is C13H21N3O3S. The van der Waals surface area contributed by atoms with Crippen LogP contribution in [0.2, 0.25) is 0 Å². The van der Waals surface area contributed by atoms with E-state index in [1.807, 2.05) is 0 Å². The van der Waals surface area contributed by atoms with Gasteiger partial charge in [0.05, 0.1) is 6.26 Å². The summed E-state index contributed by atoms with van der Waals surface area (Å²) >= 11 is 0. The molecule has 0 aliphatic rings. The summed E-state index contributed by atoms with van der Waals surface area (Å²) in [6.07, 6.45) is 1.12. The predicted octanol–water partition coefficient (Wildman–Crippen LogP) is 1.21. The van der Waals surface area contributed by atoms with Gasteiger partial charge < -0.3 is 11.1 Å². The molecule has 0 aliphatic carbocycles. The second kappa shape index (κ2) is 5.80. The molecule has 0 saturated carbocycles. The average molecular weight is 299 g/mol. The number of benzene rings is 1. The summed E-state index contributed by atoms with van der Waals surface area (Å²) < 4.78 is 25.0. The van der Waals surface area contributed by atoms with Crippen molar-refractivity contribution in [2.45, 2.75) is 26.3 Å². The Labute approximate surface area is 119 Å². The number of anilines is 2. The second-order valence-corrected chi connectivity index (χ2v) is 7.22. The molecule has 0 spiro atoms. The molecule has 0 amide bonds. The van der Waals surface area contributed by atoms with Gasteiger partial charge in [-0.1, -0.05) is 0 Å². The molecule has 0 heterocycles. The molecule has 1 rings (SSSR count). The summed E-state index contributed by atoms with van der Waals surface area (Å²) in [7, 11) is -3.28. The van der Waals surface area contributed by atoms with Gasteiger partial charge in [-0.25, -0.2) is 13.1 Å². The molecule has 0 aromatic heterocycles. The van der Waals surface area contributed by atoms with Gasteiger partial charge in [0.15, 0.2) is 5.78 Å². The first-order valence-electron chi connectivity index (χ1n) is 6.13. The molecule has 20 heavy (non-hydrogen) atoms. The van der Waals surface area contributed by atoms with Crippen LogP contribution >= 0.6 is 0 Å². The zero-order valence-electron chi connectivity index (χ0n) is 12.1. The molecule has 0 saturated heterocycles. The molecule has 1 aromatic carbocycles. The minimum Gasteiger partial charge on any atom is -0.398 e. The van der Waals surface area contributed by atoms with E-state index in [9.17, 15) is 13.2 Å². The number of nitrogens with one attached hydrogen (secondary N) is 2. The van der Waals surface area contributed by atoms with E-state index in [0.29, 0.717) is 23.5 Å². The molecule has 112 valence electrons. The highest BCUT2D eigenvalue weighted by atomic mass is 32.2. The van der Waals surface area contributed by atoms with Crippen molar-refractivity contribution < 1.29 is 13.2 Å². The van der Waals surface area contributed by atoms with E-state index in [4.69, 9.17) is 5.73 Å². The van der Waals surface area contributed by atoms with Crippen LogP contribution in [0.3, 0.4) is 0 Å². The van der Waals surface area contributed by atoms with Crippen molar-refractivity contribution in [3.8, 4) is 0 Å². The van der Waals surface area contributed by atoms with Gasteiger partial charge in [-0.05, 0) is 39.0 Å². The first-order valence-corrected chi connectivity index (χ1v) is 8.03. The van der Waals surface area contributed by atoms with Crippen LogP contribution in [-0.4, -0.2) is 32.5 Å². The topological polar surface area (TPSA) is 101 Å². The number of hydrogen-bond donors (Lipinski definition) is 3. The van der Waals surface area contributed by atoms with Crippen LogP contribution in [0.5, 0.6) is 0 Å². The van der Waals surface area contributed by atoms with E-state index in [1.54, 1.807) is 32.0 Å². The summed E-state index contributed by atoms with van der Waals surface area (Å²) in [5.41, 5.74) is 6.66. The van der Waals surface area contributed by atoms with E-state index in [0.717, 1.165) is 6.26 Å². The minimum atomic E-state index is -3.28. The van der Waals surface area contributed by atoms with E-state index >= 15 is 0 Å². The molecule has 0 radical (unpaired) electrons. The average Bonchev–Trinajstić information content (AvgIpc) is 2.24. The molecule has 0 fully saturated rings. The lowest BCUT2D eigenvalue weighted by Crippen LogP contribution is -2.47. The Morgan fingerprint density at radius 3 is 2.45 bits per heavy atom. The zero-order chi connectivity index (χ0) is 15.6. The van der Waals surface area contributed by atoms with Gasteiger partial charge in [0.1, 0.15) is 0 Å². The van der Waals surface area contributed by atoms with Crippen LogP contribution < -0.4 is 15.8 Å². The fourth-order valence-electron chi connectivity index (χ4n) is 1.83. The predicted molar refractivity (Wildman–Crippen MR) is 81.4 cm³/mol. The van der Waals surface area contributed by atoms with Gasteiger partial charge in [-0.15, -0.1) is 0 Å². The first-order chi connectivity index (χ1) is 9.00. The van der Waals surface area contributed by atoms with Gasteiger partial charge in [0.25, 0.3) is 0 Å². The maximum atomic E-state index is 11.4. The standard InChI is InChI=1S/C13H21N3O3S/c1-9(17)11-7-10(5-6-12(11)14)15-8-13(2,3)16-20(4,18)19/h5-7,15-16H,8,14H2,1-4H3. The Bertz CT molecular complexity index is 609. The van der Waals surface area contributed by atoms with Crippen LogP contribution in [0.1, 0.15) is 31.1 Å². The number of carbonyl (C=O) groups is 1. The summed E-state index contributed by atoms with van der Waals surface area (Å²) in [5.74, 6) is -0.111. The maximum absolute atomic E-state index is 11.4. The Kier molecular flexibility index (Phi) is 4.77. The molecule has 1 aromatic rings. The molecule has 0 atom stereocenters. The van der Waals surface area contributed by atoms with Crippen molar-refractivity contribution in [3.05, 3.63) is 23.8 Å². The SMILES string of the molecule is CC(=O)c1cc(NCC(C)(C)NS(C)(=O)=O)ccc1N. The number of carbonyl (C=O) groups excluding carboxylic acids is 1. The van der Waals surface area contributed by atoms with Crippen molar-refractivity contribution in [1.29, 1.82) is 0 Å². The van der Waals surface area contributed by atoms with Crippen molar-refractivity contribution in [3.63, 3.8) is 0 Å². The Balaban J connectivity index is 2.80. The van der Waals surface area contributed by atoms with Crippen LogP contribution in [-0.2, 0) is 10.0 Å². The molecule has 7 heteroatoms. The lowest BCUT2D eigenvalue weighted by atomic mass is 10.1. The van der Waals surface area contributed by atoms with E-state index in [-0.39, 0.29) is 5.78 Å². The summed E-state index contributed by atoms with van der Waals surface area (Å²) in [4.78, 5) is 11.4. The quantitative estimate of drug-likeness (QED) is 0.541. The third-order valence-corrected chi connectivity index (χ3v) is 3.55. The van der Waals surface area contributed by atoms with Crippen molar-refractivity contribution in [2.24, 2.45) is 0 Å². The lowest BCUT2D eigenvalue weighted by molar-refractivity contribution is 0.101. The second-order valence-electron chi connectivity index (χ2n) is 5.47. The van der Waals surface area contributed by atoms with Gasteiger partial charge in [0, 0.05) is 29.0 Å². The van der Waals surface area contributed by atoms with E-state index in [1.165, 1.54) is 6.92 Å². The lowest BCUT2D eigenvalue weighted by Gasteiger charge is -2.26. The van der Waals surface area contributed by atoms with E-state index < -0.39 is 15.6 Å². The molecule has 0 aliphatic heterocycles. The van der Waals surface area contributed by atoms with Gasteiger partial charge in [0.2, 0.25) is 10.0 Å². The maximum Gasteiger partial charge on any atom is 0.209 e. The number of Topliss-reactive ketones (excluding diaryl/α,β-unsaturated/α-hetero) is 1. The molecule has 6 nitrogen and oxygen atoms in total. The summed E-state index contributed by atoms with van der Waals surface area (Å²) in [6, 6.07) is 5.06. The largest absolute Gasteiger partial charge is 0.398 e. The smallest absolute Gasteiger partial charge is 0.209 e. The van der Waals surface area contributed by atoms with Crippen LogP contribution in [0.15, 0.2) is 18.2 Å². The monoisotopic (exact) mass is 299 g/mol. The zero-order valence-corrected chi connectivity index (χ0v) is 13.0. The Morgan fingerprint density at radius 2 is 1.95 bits per heavy atom. The van der Waals surface area contributed by atoms with Crippen LogP contribution in [0.4, 0.5) is 11.4 Å². The highest BCUT2D eigenvalue weighted by molar-refractivity contribution is 7.88. The van der Waals surface area contributed by atoms with Gasteiger partial charge in [-0.2, -0.15) is 0 Å². The molecule has 4 N–H and O–H groups in total. The highest BCUT2D eigenvalue weighted by Crippen LogP contribution is 2.19. The minimum absolute atomic E-state index is 0.111. The van der Waals surface area contributed by atoms with Crippen LogP contribution in [0.25, 0.3) is 0 Å². The third kappa shape index (κ3) is 5.18. The Hall–Kier alpha value is -1.60. The summed E-state index contributed by atoms with van der Waals surface area (Å²) in [5, 5.41) is 3.10. The molecular weight excluding hydrogens is 278 g/mol. The first kappa shape index (κ1) is 16.5. The molecule has 0 bridgehead atoms. The summed E-state index contributed by atoms with van der Waals surface area (Å²) in [6.45, 7) is 5.36. The van der Waals surface area contributed by atoms with E-state index in [2.05, 4.69) is 10.0 Å². The van der Waals surface area contributed by atoms with Crippen molar-refractivity contribution >= 4 is 27.2 Å².